The molecule has 1 aliphatic heterocycles. The predicted octanol–water partition coefficient (Wildman–Crippen LogP) is 5.61. The third kappa shape index (κ3) is 4.35. The quantitative estimate of drug-likeness (QED) is 0.313. The molecule has 3 aromatic rings. The molecular weight excluding hydrogens is 493 g/mol. The number of esters is 1. The van der Waals surface area contributed by atoms with Gasteiger partial charge in [0, 0.05) is 40.0 Å². The Bertz CT molecular complexity index is 1380. The molecule has 0 saturated heterocycles. The van der Waals surface area contributed by atoms with Crippen LogP contribution in [0.5, 0.6) is 5.75 Å². The van der Waals surface area contributed by atoms with Gasteiger partial charge in [-0.15, -0.1) is 11.3 Å². The van der Waals surface area contributed by atoms with Crippen molar-refractivity contribution < 1.29 is 28.2 Å². The van der Waals surface area contributed by atoms with E-state index in [1.54, 1.807) is 25.1 Å². The fraction of sp³-hybridized carbons (Fsp3) is 0.276. The molecule has 0 bridgehead atoms. The monoisotopic (exact) mass is 519 g/mol. The van der Waals surface area contributed by atoms with E-state index >= 15 is 4.39 Å². The summed E-state index contributed by atoms with van der Waals surface area (Å²) in [4.78, 5) is 43.4. The number of carbonyl (C=O) groups excluding carboxylic acids is 3. The number of amides is 1. The summed E-state index contributed by atoms with van der Waals surface area (Å²) in [7, 11) is 1.53. The summed E-state index contributed by atoms with van der Waals surface area (Å²) in [6, 6.07) is 17.0. The molecule has 6 nitrogen and oxygen atoms in total. The van der Waals surface area contributed by atoms with E-state index in [-0.39, 0.29) is 31.0 Å². The number of ether oxygens (including phenoxy) is 2. The number of hydrogen-bond donors (Lipinski definition) is 0. The minimum absolute atomic E-state index is 0.0709. The van der Waals surface area contributed by atoms with Gasteiger partial charge in [-0.3, -0.25) is 19.3 Å². The van der Waals surface area contributed by atoms with Crippen molar-refractivity contribution in [2.75, 3.05) is 18.6 Å². The summed E-state index contributed by atoms with van der Waals surface area (Å²) in [5.74, 6) is -3.59. The number of carbonyl (C=O) groups is 3. The van der Waals surface area contributed by atoms with Crippen molar-refractivity contribution >= 4 is 34.7 Å². The van der Waals surface area contributed by atoms with Crippen LogP contribution in [-0.2, 0) is 19.1 Å². The van der Waals surface area contributed by atoms with Crippen LogP contribution < -0.4 is 9.64 Å². The van der Waals surface area contributed by atoms with E-state index in [0.29, 0.717) is 22.6 Å². The number of allylic oxidation sites excluding steroid dienone is 2. The van der Waals surface area contributed by atoms with Crippen molar-refractivity contribution in [1.29, 1.82) is 0 Å². The van der Waals surface area contributed by atoms with Crippen LogP contribution in [0.15, 0.2) is 77.3 Å². The van der Waals surface area contributed by atoms with E-state index in [4.69, 9.17) is 9.47 Å². The SMILES string of the molecule is CCOC(=O)[C@@H]1C(=O)C2=C(C[C@H]1c1cccs1)N(c1ccccc1F)C(=O)C[C@@H]2c1ccccc1OC. The highest BCUT2D eigenvalue weighted by atomic mass is 32.1. The predicted molar refractivity (Wildman–Crippen MR) is 138 cm³/mol. The van der Waals surface area contributed by atoms with Crippen LogP contribution in [0, 0.1) is 11.7 Å². The Labute approximate surface area is 218 Å². The lowest BCUT2D eigenvalue weighted by Gasteiger charge is -2.42. The first-order valence-electron chi connectivity index (χ1n) is 12.1. The van der Waals surface area contributed by atoms with Gasteiger partial charge in [0.2, 0.25) is 5.91 Å². The van der Waals surface area contributed by atoms with Crippen LogP contribution in [0.2, 0.25) is 0 Å². The van der Waals surface area contributed by atoms with E-state index in [9.17, 15) is 14.4 Å². The molecule has 1 aromatic heterocycles. The molecule has 3 atom stereocenters. The third-order valence-electron chi connectivity index (χ3n) is 6.98. The van der Waals surface area contributed by atoms with Crippen LogP contribution in [-0.4, -0.2) is 31.4 Å². The van der Waals surface area contributed by atoms with Crippen molar-refractivity contribution in [1.82, 2.24) is 0 Å². The number of Topliss-reactive ketones (excluding diaryl/α,β-unsaturated/α-hetero) is 1. The molecular formula is C29H26FNO5S. The van der Waals surface area contributed by atoms with E-state index in [2.05, 4.69) is 0 Å². The molecule has 1 aliphatic carbocycles. The molecule has 2 aliphatic rings. The van der Waals surface area contributed by atoms with Gasteiger partial charge < -0.3 is 9.47 Å². The van der Waals surface area contributed by atoms with Crippen molar-refractivity contribution in [3.05, 3.63) is 93.6 Å². The fourth-order valence-electron chi connectivity index (χ4n) is 5.43. The highest BCUT2D eigenvalue weighted by Gasteiger charge is 2.50. The van der Waals surface area contributed by atoms with Gasteiger partial charge in [0.15, 0.2) is 5.78 Å². The Morgan fingerprint density at radius 3 is 2.51 bits per heavy atom. The number of methoxy groups -OCH3 is 1. The maximum Gasteiger partial charge on any atom is 0.317 e. The summed E-state index contributed by atoms with van der Waals surface area (Å²) >= 11 is 1.43. The summed E-state index contributed by atoms with van der Waals surface area (Å²) < 4.78 is 25.9. The number of rotatable bonds is 6. The molecule has 37 heavy (non-hydrogen) atoms. The number of anilines is 1. The number of para-hydroxylation sites is 2. The average Bonchev–Trinajstić information content (AvgIpc) is 3.44. The Balaban J connectivity index is 1.75. The van der Waals surface area contributed by atoms with Crippen LogP contribution in [0.25, 0.3) is 0 Å². The molecule has 0 N–H and O–H groups in total. The van der Waals surface area contributed by atoms with Crippen molar-refractivity contribution in [3.63, 3.8) is 0 Å². The molecule has 5 rings (SSSR count). The summed E-state index contributed by atoms with van der Waals surface area (Å²) in [6.07, 6.45) is 0.134. The zero-order valence-corrected chi connectivity index (χ0v) is 21.3. The summed E-state index contributed by atoms with van der Waals surface area (Å²) in [5, 5.41) is 1.88. The molecule has 0 fully saturated rings. The summed E-state index contributed by atoms with van der Waals surface area (Å²) in [6.45, 7) is 1.84. The van der Waals surface area contributed by atoms with E-state index < -0.39 is 35.3 Å². The molecule has 8 heteroatoms. The van der Waals surface area contributed by atoms with Crippen molar-refractivity contribution in [2.45, 2.75) is 31.6 Å². The van der Waals surface area contributed by atoms with Gasteiger partial charge in [-0.05, 0) is 43.0 Å². The lowest BCUT2D eigenvalue weighted by Crippen LogP contribution is -2.46. The first-order chi connectivity index (χ1) is 18.0. The molecule has 2 aromatic carbocycles. The summed E-state index contributed by atoms with van der Waals surface area (Å²) in [5.41, 5.74) is 1.51. The number of nitrogens with zero attached hydrogens (tertiary/aromatic N) is 1. The van der Waals surface area contributed by atoms with Crippen LogP contribution in [0.4, 0.5) is 10.1 Å². The lowest BCUT2D eigenvalue weighted by molar-refractivity contribution is -0.152. The first kappa shape index (κ1) is 24.9. The zero-order chi connectivity index (χ0) is 26.1. The van der Waals surface area contributed by atoms with E-state index in [1.807, 2.05) is 35.7 Å². The minimum atomic E-state index is -1.06. The van der Waals surface area contributed by atoms with Crippen molar-refractivity contribution in [2.24, 2.45) is 5.92 Å². The molecule has 0 unspecified atom stereocenters. The normalized spacial score (nSPS) is 21.6. The zero-order valence-electron chi connectivity index (χ0n) is 20.5. The maximum atomic E-state index is 15.0. The molecule has 2 heterocycles. The Kier molecular flexibility index (Phi) is 6.93. The Morgan fingerprint density at radius 1 is 1.05 bits per heavy atom. The highest BCUT2D eigenvalue weighted by Crippen LogP contribution is 2.51. The number of halogens is 1. The molecule has 0 radical (unpaired) electrons. The second-order valence-electron chi connectivity index (χ2n) is 8.96. The van der Waals surface area contributed by atoms with Gasteiger partial charge >= 0.3 is 5.97 Å². The van der Waals surface area contributed by atoms with Crippen LogP contribution >= 0.6 is 11.3 Å². The standard InChI is InChI=1S/C29H26FNO5S/c1-3-36-29(34)27-19(24-13-8-14-37-24)15-22-26(28(27)33)18(17-9-4-7-12-23(17)35-2)16-25(32)31(22)21-11-6-5-10-20(21)30/h4-14,18-19,27H,3,15-16H2,1-2H3/t18-,19+,27+/m1/s1. The Morgan fingerprint density at radius 2 is 1.81 bits per heavy atom. The van der Waals surface area contributed by atoms with Gasteiger partial charge in [-0.25, -0.2) is 4.39 Å². The van der Waals surface area contributed by atoms with Gasteiger partial charge in [-0.2, -0.15) is 0 Å². The molecule has 0 spiro atoms. The average molecular weight is 520 g/mol. The number of thiophene rings is 1. The van der Waals surface area contributed by atoms with E-state index in [1.165, 1.54) is 35.5 Å². The van der Waals surface area contributed by atoms with Gasteiger partial charge in [0.1, 0.15) is 17.5 Å². The second kappa shape index (κ2) is 10.3. The van der Waals surface area contributed by atoms with Crippen molar-refractivity contribution in [3.8, 4) is 5.75 Å². The van der Waals surface area contributed by atoms with E-state index in [0.717, 1.165) is 4.88 Å². The Hall–Kier alpha value is -3.78. The third-order valence-corrected chi connectivity index (χ3v) is 7.98. The lowest BCUT2D eigenvalue weighted by atomic mass is 9.69. The smallest absolute Gasteiger partial charge is 0.317 e. The van der Waals surface area contributed by atoms with Gasteiger partial charge in [-0.1, -0.05) is 36.4 Å². The fourth-order valence-corrected chi connectivity index (χ4v) is 6.30. The maximum absolute atomic E-state index is 15.0. The van der Waals surface area contributed by atoms with Gasteiger partial charge in [0.05, 0.1) is 19.4 Å². The molecule has 0 saturated carbocycles. The minimum Gasteiger partial charge on any atom is -0.496 e. The largest absolute Gasteiger partial charge is 0.496 e. The topological polar surface area (TPSA) is 72.9 Å². The van der Waals surface area contributed by atoms with Crippen LogP contribution in [0.1, 0.15) is 42.0 Å². The molecule has 1 amide bonds. The second-order valence-corrected chi connectivity index (χ2v) is 9.94. The highest BCUT2D eigenvalue weighted by molar-refractivity contribution is 7.10. The van der Waals surface area contributed by atoms with Gasteiger partial charge in [0.25, 0.3) is 0 Å². The molecule has 190 valence electrons. The first-order valence-corrected chi connectivity index (χ1v) is 13.0. The van der Waals surface area contributed by atoms with Crippen LogP contribution in [0.3, 0.4) is 0 Å². The number of ketones is 1. The number of benzene rings is 2. The number of hydrogen-bond acceptors (Lipinski definition) is 6.